The summed E-state index contributed by atoms with van der Waals surface area (Å²) < 4.78 is 1.31. The number of nitrogens with zero attached hydrogens (tertiary/aromatic N) is 3. The van der Waals surface area contributed by atoms with E-state index in [4.69, 9.17) is 11.6 Å². The summed E-state index contributed by atoms with van der Waals surface area (Å²) in [5, 5.41) is 0.148. The molecule has 16 heavy (non-hydrogen) atoms. The fourth-order valence-electron chi connectivity index (χ4n) is 1.21. The summed E-state index contributed by atoms with van der Waals surface area (Å²) in [5.41, 5.74) is -0.310. The minimum absolute atomic E-state index is 0.000818. The molecule has 0 saturated carbocycles. The standard InChI is InChI=1S/C10H14ClN3O2/c1-4-13(3)10(16)6-14-7(2)12-8(11)5-9(14)15/h5H,4,6H2,1-3H3. The van der Waals surface area contributed by atoms with E-state index in [0.29, 0.717) is 12.4 Å². The first-order valence-corrected chi connectivity index (χ1v) is 5.31. The molecule has 0 N–H and O–H groups in total. The molecule has 0 saturated heterocycles. The predicted octanol–water partition coefficient (Wildman–Crippen LogP) is 0.683. The van der Waals surface area contributed by atoms with Gasteiger partial charge in [-0.15, -0.1) is 0 Å². The van der Waals surface area contributed by atoms with E-state index in [1.54, 1.807) is 18.9 Å². The van der Waals surface area contributed by atoms with Crippen molar-refractivity contribution in [1.29, 1.82) is 0 Å². The van der Waals surface area contributed by atoms with Gasteiger partial charge in [-0.25, -0.2) is 4.98 Å². The lowest BCUT2D eigenvalue weighted by Crippen LogP contribution is -2.34. The van der Waals surface area contributed by atoms with Crippen molar-refractivity contribution < 1.29 is 4.79 Å². The molecular weight excluding hydrogens is 230 g/mol. The monoisotopic (exact) mass is 243 g/mol. The summed E-state index contributed by atoms with van der Waals surface area (Å²) in [7, 11) is 1.69. The Kier molecular flexibility index (Phi) is 4.06. The Bertz CT molecular complexity index is 456. The van der Waals surface area contributed by atoms with Crippen LogP contribution in [0, 0.1) is 6.92 Å². The van der Waals surface area contributed by atoms with Gasteiger partial charge in [-0.2, -0.15) is 0 Å². The molecule has 1 rings (SSSR count). The van der Waals surface area contributed by atoms with Gasteiger partial charge in [-0.1, -0.05) is 11.6 Å². The molecule has 0 spiro atoms. The van der Waals surface area contributed by atoms with Crippen LogP contribution in [0.25, 0.3) is 0 Å². The quantitative estimate of drug-likeness (QED) is 0.734. The van der Waals surface area contributed by atoms with Crippen molar-refractivity contribution in [3.63, 3.8) is 0 Å². The van der Waals surface area contributed by atoms with Crippen LogP contribution in [0.5, 0.6) is 0 Å². The van der Waals surface area contributed by atoms with Gasteiger partial charge in [0, 0.05) is 19.7 Å². The Hall–Kier alpha value is -1.36. The fraction of sp³-hybridized carbons (Fsp3) is 0.500. The van der Waals surface area contributed by atoms with E-state index in [9.17, 15) is 9.59 Å². The zero-order valence-corrected chi connectivity index (χ0v) is 10.3. The lowest BCUT2D eigenvalue weighted by atomic mass is 10.4. The van der Waals surface area contributed by atoms with Crippen LogP contribution >= 0.6 is 11.6 Å². The molecule has 0 aromatic carbocycles. The van der Waals surface area contributed by atoms with E-state index < -0.39 is 0 Å². The molecule has 5 nitrogen and oxygen atoms in total. The van der Waals surface area contributed by atoms with E-state index in [0.717, 1.165) is 0 Å². The van der Waals surface area contributed by atoms with Crippen LogP contribution in [0.15, 0.2) is 10.9 Å². The fourth-order valence-corrected chi connectivity index (χ4v) is 1.43. The molecule has 0 fully saturated rings. The van der Waals surface area contributed by atoms with Gasteiger partial charge < -0.3 is 4.90 Å². The van der Waals surface area contributed by atoms with Gasteiger partial charge in [0.1, 0.15) is 17.5 Å². The third kappa shape index (κ3) is 2.82. The number of aromatic nitrogens is 2. The molecule has 0 aliphatic rings. The molecule has 0 atom stereocenters. The summed E-state index contributed by atoms with van der Waals surface area (Å²) in [6, 6.07) is 1.20. The van der Waals surface area contributed by atoms with Crippen LogP contribution in [-0.2, 0) is 11.3 Å². The van der Waals surface area contributed by atoms with Crippen LogP contribution in [0.2, 0.25) is 5.15 Å². The Morgan fingerprint density at radius 2 is 2.25 bits per heavy atom. The maximum atomic E-state index is 11.6. The molecule has 1 heterocycles. The summed E-state index contributed by atoms with van der Waals surface area (Å²) in [6.07, 6.45) is 0. The normalized spacial score (nSPS) is 10.2. The van der Waals surface area contributed by atoms with Gasteiger partial charge >= 0.3 is 0 Å². The highest BCUT2D eigenvalue weighted by atomic mass is 35.5. The van der Waals surface area contributed by atoms with Crippen LogP contribution in [0.3, 0.4) is 0 Å². The summed E-state index contributed by atoms with van der Waals surface area (Å²) in [4.78, 5) is 28.7. The molecule has 1 aromatic rings. The van der Waals surface area contributed by atoms with Crippen molar-refractivity contribution in [1.82, 2.24) is 14.5 Å². The first-order chi connectivity index (χ1) is 7.45. The lowest BCUT2D eigenvalue weighted by molar-refractivity contribution is -0.130. The maximum Gasteiger partial charge on any atom is 0.255 e. The van der Waals surface area contributed by atoms with Gasteiger partial charge in [0.15, 0.2) is 0 Å². The molecule has 0 aliphatic carbocycles. The Morgan fingerprint density at radius 1 is 1.62 bits per heavy atom. The largest absolute Gasteiger partial charge is 0.344 e. The number of carbonyl (C=O) groups is 1. The number of halogens is 1. The summed E-state index contributed by atoms with van der Waals surface area (Å²) >= 11 is 5.63. The van der Waals surface area contributed by atoms with E-state index >= 15 is 0 Å². The van der Waals surface area contributed by atoms with E-state index in [1.165, 1.54) is 10.6 Å². The molecule has 6 heteroatoms. The van der Waals surface area contributed by atoms with Crippen molar-refractivity contribution in [2.24, 2.45) is 0 Å². The lowest BCUT2D eigenvalue weighted by Gasteiger charge is -2.16. The number of amides is 1. The minimum Gasteiger partial charge on any atom is -0.344 e. The van der Waals surface area contributed by atoms with Crippen LogP contribution in [-0.4, -0.2) is 34.0 Å². The zero-order valence-electron chi connectivity index (χ0n) is 9.53. The third-order valence-corrected chi connectivity index (χ3v) is 2.55. The van der Waals surface area contributed by atoms with Gasteiger partial charge in [0.2, 0.25) is 5.91 Å². The van der Waals surface area contributed by atoms with Gasteiger partial charge in [0.05, 0.1) is 0 Å². The van der Waals surface area contributed by atoms with E-state index in [2.05, 4.69) is 4.98 Å². The second-order valence-corrected chi connectivity index (χ2v) is 3.85. The van der Waals surface area contributed by atoms with Gasteiger partial charge in [0.25, 0.3) is 5.56 Å². The third-order valence-electron chi connectivity index (χ3n) is 2.36. The van der Waals surface area contributed by atoms with Crippen molar-refractivity contribution in [3.8, 4) is 0 Å². The Morgan fingerprint density at radius 3 is 2.75 bits per heavy atom. The van der Waals surface area contributed by atoms with Crippen LogP contribution in [0.4, 0.5) is 0 Å². The molecule has 0 unspecified atom stereocenters. The topological polar surface area (TPSA) is 55.2 Å². The van der Waals surface area contributed by atoms with E-state index in [-0.39, 0.29) is 23.2 Å². The number of likely N-dealkylation sites (N-methyl/N-ethyl adjacent to an activating group) is 1. The number of aryl methyl sites for hydroxylation is 1. The number of rotatable bonds is 3. The maximum absolute atomic E-state index is 11.6. The smallest absolute Gasteiger partial charge is 0.255 e. The number of hydrogen-bond donors (Lipinski definition) is 0. The molecule has 0 bridgehead atoms. The highest BCUT2D eigenvalue weighted by Gasteiger charge is 2.11. The second-order valence-electron chi connectivity index (χ2n) is 3.46. The van der Waals surface area contributed by atoms with Crippen LogP contribution < -0.4 is 5.56 Å². The van der Waals surface area contributed by atoms with Crippen LogP contribution in [0.1, 0.15) is 12.7 Å². The average Bonchev–Trinajstić information content (AvgIpc) is 2.21. The predicted molar refractivity (Wildman–Crippen MR) is 61.6 cm³/mol. The summed E-state index contributed by atoms with van der Waals surface area (Å²) in [6.45, 7) is 4.12. The Labute approximate surface area is 98.7 Å². The van der Waals surface area contributed by atoms with Crippen molar-refractivity contribution in [2.75, 3.05) is 13.6 Å². The molecular formula is C10H14ClN3O2. The van der Waals surface area contributed by atoms with E-state index in [1.807, 2.05) is 6.92 Å². The molecule has 1 aromatic heterocycles. The second kappa shape index (κ2) is 5.12. The SMILES string of the molecule is CCN(C)C(=O)Cn1c(C)nc(Cl)cc1=O. The first-order valence-electron chi connectivity index (χ1n) is 4.93. The van der Waals surface area contributed by atoms with Crippen molar-refractivity contribution in [3.05, 3.63) is 27.4 Å². The molecule has 1 amide bonds. The highest BCUT2D eigenvalue weighted by Crippen LogP contribution is 2.01. The number of hydrogen-bond acceptors (Lipinski definition) is 3. The average molecular weight is 244 g/mol. The zero-order chi connectivity index (χ0) is 12.3. The molecule has 0 radical (unpaired) electrons. The summed E-state index contributed by atoms with van der Waals surface area (Å²) in [5.74, 6) is 0.312. The van der Waals surface area contributed by atoms with Crippen molar-refractivity contribution >= 4 is 17.5 Å². The Balaban J connectivity index is 2.98. The molecule has 0 aliphatic heterocycles. The van der Waals surface area contributed by atoms with Gasteiger partial charge in [-0.05, 0) is 13.8 Å². The van der Waals surface area contributed by atoms with Crippen molar-refractivity contribution in [2.45, 2.75) is 20.4 Å². The number of carbonyl (C=O) groups excluding carboxylic acids is 1. The first kappa shape index (κ1) is 12.7. The highest BCUT2D eigenvalue weighted by molar-refractivity contribution is 6.29. The molecule has 88 valence electrons. The van der Waals surface area contributed by atoms with Gasteiger partial charge in [-0.3, -0.25) is 14.2 Å². The minimum atomic E-state index is -0.310.